The Labute approximate surface area is 140 Å². The molecular formula is C16H11N3O4S. The maximum atomic E-state index is 12.1. The summed E-state index contributed by atoms with van der Waals surface area (Å²) in [5.41, 5.74) is 2.90. The van der Waals surface area contributed by atoms with Gasteiger partial charge in [-0.1, -0.05) is 35.6 Å². The zero-order valence-corrected chi connectivity index (χ0v) is 13.0. The molecule has 7 nitrogen and oxygen atoms in total. The number of nitrogens with one attached hydrogen (secondary N) is 1. The highest BCUT2D eigenvalue weighted by Gasteiger charge is 2.12. The fourth-order valence-electron chi connectivity index (χ4n) is 2.14. The van der Waals surface area contributed by atoms with Gasteiger partial charge in [-0.15, -0.1) is 0 Å². The third-order valence-electron chi connectivity index (χ3n) is 3.27. The Morgan fingerprint density at radius 3 is 2.62 bits per heavy atom. The first-order valence-corrected chi connectivity index (χ1v) is 7.70. The zero-order valence-electron chi connectivity index (χ0n) is 12.2. The number of hydrazone groups is 1. The van der Waals surface area contributed by atoms with Crippen LogP contribution in [0, 0.1) is 10.1 Å². The third kappa shape index (κ3) is 3.23. The SMILES string of the molecule is O=C(N/N=C/c1csc([N+](=O)[O-])c1)c1cc2ccccc2cc1O. The van der Waals surface area contributed by atoms with Gasteiger partial charge in [0.2, 0.25) is 0 Å². The minimum absolute atomic E-state index is 0.00468. The average molecular weight is 341 g/mol. The van der Waals surface area contributed by atoms with Crippen LogP contribution in [0.15, 0.2) is 52.9 Å². The van der Waals surface area contributed by atoms with Crippen molar-refractivity contribution in [3.63, 3.8) is 0 Å². The number of phenols is 1. The number of nitrogens with zero attached hydrogens (tertiary/aromatic N) is 2. The van der Waals surface area contributed by atoms with E-state index in [1.54, 1.807) is 11.4 Å². The van der Waals surface area contributed by atoms with Crippen LogP contribution < -0.4 is 5.43 Å². The van der Waals surface area contributed by atoms with E-state index in [2.05, 4.69) is 10.5 Å². The molecule has 1 heterocycles. The lowest BCUT2D eigenvalue weighted by molar-refractivity contribution is -0.380. The summed E-state index contributed by atoms with van der Waals surface area (Å²) in [6, 6.07) is 11.8. The van der Waals surface area contributed by atoms with E-state index in [1.807, 2.05) is 24.3 Å². The van der Waals surface area contributed by atoms with Crippen LogP contribution in [0.5, 0.6) is 5.75 Å². The highest BCUT2D eigenvalue weighted by Crippen LogP contribution is 2.25. The van der Waals surface area contributed by atoms with Gasteiger partial charge in [0.25, 0.3) is 5.91 Å². The molecule has 0 spiro atoms. The number of benzene rings is 2. The highest BCUT2D eigenvalue weighted by atomic mass is 32.1. The van der Waals surface area contributed by atoms with Gasteiger partial charge in [-0.25, -0.2) is 5.43 Å². The number of aromatic hydroxyl groups is 1. The van der Waals surface area contributed by atoms with Gasteiger partial charge < -0.3 is 5.11 Å². The molecule has 0 unspecified atom stereocenters. The van der Waals surface area contributed by atoms with Gasteiger partial charge in [0.05, 0.1) is 16.7 Å². The van der Waals surface area contributed by atoms with Crippen molar-refractivity contribution in [2.75, 3.05) is 0 Å². The van der Waals surface area contributed by atoms with Gasteiger partial charge in [-0.3, -0.25) is 14.9 Å². The van der Waals surface area contributed by atoms with Crippen LogP contribution in [0.2, 0.25) is 0 Å². The summed E-state index contributed by atoms with van der Waals surface area (Å²) in [4.78, 5) is 22.2. The number of fused-ring (bicyclic) bond motifs is 1. The predicted molar refractivity (Wildman–Crippen MR) is 91.6 cm³/mol. The molecule has 0 atom stereocenters. The van der Waals surface area contributed by atoms with Gasteiger partial charge in [0.15, 0.2) is 0 Å². The van der Waals surface area contributed by atoms with E-state index in [9.17, 15) is 20.0 Å². The Morgan fingerprint density at radius 2 is 1.96 bits per heavy atom. The van der Waals surface area contributed by atoms with E-state index in [1.165, 1.54) is 18.3 Å². The van der Waals surface area contributed by atoms with Gasteiger partial charge in [-0.05, 0) is 22.9 Å². The molecule has 0 saturated heterocycles. The lowest BCUT2D eigenvalue weighted by atomic mass is 10.1. The van der Waals surface area contributed by atoms with Gasteiger partial charge in [0.1, 0.15) is 5.75 Å². The van der Waals surface area contributed by atoms with E-state index in [-0.39, 0.29) is 16.3 Å². The smallest absolute Gasteiger partial charge is 0.324 e. The van der Waals surface area contributed by atoms with Crippen LogP contribution in [-0.4, -0.2) is 22.2 Å². The van der Waals surface area contributed by atoms with Crippen molar-refractivity contribution < 1.29 is 14.8 Å². The van der Waals surface area contributed by atoms with Gasteiger partial charge >= 0.3 is 5.00 Å². The number of amides is 1. The predicted octanol–water partition coefficient (Wildman–Crippen LogP) is 3.28. The summed E-state index contributed by atoms with van der Waals surface area (Å²) in [6.07, 6.45) is 1.31. The Bertz CT molecular complexity index is 965. The van der Waals surface area contributed by atoms with Gasteiger partial charge in [0, 0.05) is 17.0 Å². The highest BCUT2D eigenvalue weighted by molar-refractivity contribution is 7.13. The number of rotatable bonds is 4. The van der Waals surface area contributed by atoms with Crippen LogP contribution in [-0.2, 0) is 0 Å². The fourth-order valence-corrected chi connectivity index (χ4v) is 2.81. The number of phenolic OH excluding ortho intramolecular Hbond substituents is 1. The quantitative estimate of drug-likeness (QED) is 0.431. The van der Waals surface area contributed by atoms with Crippen molar-refractivity contribution in [3.8, 4) is 5.75 Å². The van der Waals surface area contributed by atoms with Crippen LogP contribution >= 0.6 is 11.3 Å². The van der Waals surface area contributed by atoms with Crippen molar-refractivity contribution in [1.82, 2.24) is 5.43 Å². The molecule has 3 aromatic rings. The molecule has 0 fully saturated rings. The maximum absolute atomic E-state index is 12.1. The normalized spacial score (nSPS) is 11.0. The van der Waals surface area contributed by atoms with Crippen molar-refractivity contribution >= 4 is 39.2 Å². The van der Waals surface area contributed by atoms with Crippen LogP contribution in [0.1, 0.15) is 15.9 Å². The molecule has 120 valence electrons. The summed E-state index contributed by atoms with van der Waals surface area (Å²) < 4.78 is 0. The summed E-state index contributed by atoms with van der Waals surface area (Å²) in [6.45, 7) is 0. The lowest BCUT2D eigenvalue weighted by Gasteiger charge is -2.05. The standard InChI is InChI=1S/C16H11N3O4S/c20-14-7-12-4-2-1-3-11(12)6-13(14)16(21)18-17-8-10-5-15(19(22)23)24-9-10/h1-9,20H,(H,18,21)/b17-8+. The topological polar surface area (TPSA) is 105 Å². The molecule has 0 aliphatic rings. The summed E-state index contributed by atoms with van der Waals surface area (Å²) in [5, 5.41) is 27.5. The van der Waals surface area contributed by atoms with Crippen molar-refractivity contribution in [2.24, 2.45) is 5.10 Å². The van der Waals surface area contributed by atoms with E-state index in [0.717, 1.165) is 22.1 Å². The van der Waals surface area contributed by atoms with Crippen LogP contribution in [0.4, 0.5) is 5.00 Å². The van der Waals surface area contributed by atoms with E-state index in [0.29, 0.717) is 5.56 Å². The van der Waals surface area contributed by atoms with Crippen molar-refractivity contribution in [3.05, 3.63) is 69.1 Å². The number of carbonyl (C=O) groups is 1. The zero-order chi connectivity index (χ0) is 17.1. The molecule has 1 aromatic heterocycles. The Morgan fingerprint density at radius 1 is 1.25 bits per heavy atom. The number of hydrogen-bond acceptors (Lipinski definition) is 6. The monoisotopic (exact) mass is 341 g/mol. The number of thiophene rings is 1. The van der Waals surface area contributed by atoms with Crippen molar-refractivity contribution in [1.29, 1.82) is 0 Å². The van der Waals surface area contributed by atoms with E-state index < -0.39 is 10.8 Å². The Kier molecular flexibility index (Phi) is 4.21. The maximum Gasteiger partial charge on any atom is 0.324 e. The van der Waals surface area contributed by atoms with Gasteiger partial charge in [-0.2, -0.15) is 5.10 Å². The third-order valence-corrected chi connectivity index (χ3v) is 4.17. The second-order valence-electron chi connectivity index (χ2n) is 4.89. The van der Waals surface area contributed by atoms with E-state index >= 15 is 0 Å². The van der Waals surface area contributed by atoms with Crippen LogP contribution in [0.25, 0.3) is 10.8 Å². The molecule has 0 saturated carbocycles. The summed E-state index contributed by atoms with van der Waals surface area (Å²) in [7, 11) is 0. The molecule has 0 radical (unpaired) electrons. The first-order valence-electron chi connectivity index (χ1n) is 6.82. The molecule has 0 aliphatic heterocycles. The van der Waals surface area contributed by atoms with E-state index in [4.69, 9.17) is 0 Å². The van der Waals surface area contributed by atoms with Crippen molar-refractivity contribution in [2.45, 2.75) is 0 Å². The molecular weight excluding hydrogens is 330 g/mol. The number of hydrogen-bond donors (Lipinski definition) is 2. The number of carbonyl (C=O) groups excluding carboxylic acids is 1. The second kappa shape index (κ2) is 6.47. The largest absolute Gasteiger partial charge is 0.507 e. The molecule has 0 aliphatic carbocycles. The molecule has 2 N–H and O–H groups in total. The minimum Gasteiger partial charge on any atom is -0.507 e. The molecule has 2 aromatic carbocycles. The average Bonchev–Trinajstić information content (AvgIpc) is 3.03. The Hall–Kier alpha value is -3.26. The molecule has 1 amide bonds. The molecule has 3 rings (SSSR count). The molecule has 24 heavy (non-hydrogen) atoms. The second-order valence-corrected chi connectivity index (χ2v) is 5.78. The first kappa shape index (κ1) is 15.6. The first-order chi connectivity index (χ1) is 11.5. The summed E-state index contributed by atoms with van der Waals surface area (Å²) >= 11 is 0.974. The van der Waals surface area contributed by atoms with Crippen LogP contribution in [0.3, 0.4) is 0 Å². The fraction of sp³-hybridized carbons (Fsp3) is 0. The molecule has 0 bridgehead atoms. The minimum atomic E-state index is -0.570. The summed E-state index contributed by atoms with van der Waals surface area (Å²) in [5.74, 6) is -0.716. The number of nitro groups is 1. The Balaban J connectivity index is 1.75. The lowest BCUT2D eigenvalue weighted by Crippen LogP contribution is -2.17. The molecule has 8 heteroatoms.